The van der Waals surface area contributed by atoms with Gasteiger partial charge in [-0.3, -0.25) is 4.79 Å². The molecular formula is C11H21NO2. The highest BCUT2D eigenvalue weighted by molar-refractivity contribution is 5.76. The van der Waals surface area contributed by atoms with E-state index in [9.17, 15) is 4.79 Å². The summed E-state index contributed by atoms with van der Waals surface area (Å²) in [5.74, 6) is 0.320. The molecular weight excluding hydrogens is 178 g/mol. The summed E-state index contributed by atoms with van der Waals surface area (Å²) >= 11 is 0. The number of rotatable bonds is 5. The standard InChI is InChI=1S/C11H21NO2/c1-10(2)14-9-5-8-12-7-4-3-6-11(12)13/h10H,3-9H2,1-2H3. The second-order valence-electron chi connectivity index (χ2n) is 4.11. The van der Waals surface area contributed by atoms with Gasteiger partial charge in [0.1, 0.15) is 0 Å². The molecule has 0 saturated carbocycles. The molecule has 0 aromatic carbocycles. The van der Waals surface area contributed by atoms with Gasteiger partial charge >= 0.3 is 0 Å². The second kappa shape index (κ2) is 6.02. The van der Waals surface area contributed by atoms with Crippen molar-refractivity contribution in [3.63, 3.8) is 0 Å². The molecule has 1 aliphatic rings. The number of hydrogen-bond acceptors (Lipinski definition) is 2. The van der Waals surface area contributed by atoms with Gasteiger partial charge in [-0.1, -0.05) is 0 Å². The zero-order valence-electron chi connectivity index (χ0n) is 9.29. The lowest BCUT2D eigenvalue weighted by Gasteiger charge is -2.26. The summed E-state index contributed by atoms with van der Waals surface area (Å²) in [6.07, 6.45) is 4.23. The van der Waals surface area contributed by atoms with Crippen LogP contribution in [0.3, 0.4) is 0 Å². The first-order valence-electron chi connectivity index (χ1n) is 5.59. The fraction of sp³-hybridized carbons (Fsp3) is 0.909. The van der Waals surface area contributed by atoms with E-state index in [-0.39, 0.29) is 0 Å². The van der Waals surface area contributed by atoms with Crippen molar-refractivity contribution in [2.24, 2.45) is 0 Å². The lowest BCUT2D eigenvalue weighted by molar-refractivity contribution is -0.133. The molecule has 0 atom stereocenters. The first-order valence-corrected chi connectivity index (χ1v) is 5.59. The minimum atomic E-state index is 0.298. The maximum atomic E-state index is 11.4. The van der Waals surface area contributed by atoms with Crippen LogP contribution in [-0.2, 0) is 9.53 Å². The fourth-order valence-corrected chi connectivity index (χ4v) is 1.67. The lowest BCUT2D eigenvalue weighted by Crippen LogP contribution is -2.36. The van der Waals surface area contributed by atoms with Crippen molar-refractivity contribution in [1.29, 1.82) is 0 Å². The molecule has 14 heavy (non-hydrogen) atoms. The maximum absolute atomic E-state index is 11.4. The SMILES string of the molecule is CC(C)OCCCN1CCCCC1=O. The molecule has 0 aliphatic carbocycles. The van der Waals surface area contributed by atoms with E-state index in [0.717, 1.165) is 45.4 Å². The Morgan fingerprint density at radius 2 is 2.21 bits per heavy atom. The molecule has 1 fully saturated rings. The molecule has 0 unspecified atom stereocenters. The van der Waals surface area contributed by atoms with Crippen molar-refractivity contribution in [1.82, 2.24) is 4.90 Å². The molecule has 0 spiro atoms. The first kappa shape index (κ1) is 11.5. The van der Waals surface area contributed by atoms with Gasteiger partial charge in [-0.2, -0.15) is 0 Å². The van der Waals surface area contributed by atoms with E-state index in [4.69, 9.17) is 4.74 Å². The molecule has 3 heteroatoms. The van der Waals surface area contributed by atoms with Crippen LogP contribution in [0.25, 0.3) is 0 Å². The van der Waals surface area contributed by atoms with Crippen molar-refractivity contribution in [2.45, 2.75) is 45.6 Å². The largest absolute Gasteiger partial charge is 0.379 e. The number of amides is 1. The van der Waals surface area contributed by atoms with Gasteiger partial charge in [0.2, 0.25) is 5.91 Å². The van der Waals surface area contributed by atoms with Crippen LogP contribution in [0.4, 0.5) is 0 Å². The molecule has 0 bridgehead atoms. The van der Waals surface area contributed by atoms with Crippen molar-refractivity contribution < 1.29 is 9.53 Å². The van der Waals surface area contributed by atoms with E-state index in [1.807, 2.05) is 18.7 Å². The van der Waals surface area contributed by atoms with Crippen LogP contribution in [0.1, 0.15) is 39.5 Å². The Hall–Kier alpha value is -0.570. The molecule has 1 heterocycles. The third kappa shape index (κ3) is 4.09. The number of ether oxygens (including phenoxy) is 1. The molecule has 0 N–H and O–H groups in total. The van der Waals surface area contributed by atoms with Crippen LogP contribution in [0.5, 0.6) is 0 Å². The highest BCUT2D eigenvalue weighted by atomic mass is 16.5. The average Bonchev–Trinajstić information content (AvgIpc) is 2.15. The van der Waals surface area contributed by atoms with Crippen LogP contribution in [0, 0.1) is 0 Å². The number of carbonyl (C=O) groups is 1. The molecule has 0 aromatic heterocycles. The van der Waals surface area contributed by atoms with Crippen LogP contribution in [0.15, 0.2) is 0 Å². The van der Waals surface area contributed by atoms with Crippen LogP contribution >= 0.6 is 0 Å². The Bertz CT molecular complexity index is 180. The Labute approximate surface area is 86.4 Å². The average molecular weight is 199 g/mol. The summed E-state index contributed by atoms with van der Waals surface area (Å²) in [7, 11) is 0. The number of hydrogen-bond donors (Lipinski definition) is 0. The third-order valence-corrected chi connectivity index (χ3v) is 2.44. The number of carbonyl (C=O) groups excluding carboxylic acids is 1. The van der Waals surface area contributed by atoms with Crippen LogP contribution in [-0.4, -0.2) is 36.6 Å². The first-order chi connectivity index (χ1) is 6.70. The third-order valence-electron chi connectivity index (χ3n) is 2.44. The van der Waals surface area contributed by atoms with Crippen molar-refractivity contribution >= 4 is 5.91 Å². The Balaban J connectivity index is 2.07. The number of likely N-dealkylation sites (tertiary alicyclic amines) is 1. The summed E-state index contributed by atoms with van der Waals surface area (Å²) < 4.78 is 5.43. The predicted octanol–water partition coefficient (Wildman–Crippen LogP) is 1.81. The summed E-state index contributed by atoms with van der Waals surface area (Å²) in [5.41, 5.74) is 0. The van der Waals surface area contributed by atoms with Crippen LogP contribution < -0.4 is 0 Å². The van der Waals surface area contributed by atoms with Gasteiger partial charge in [-0.15, -0.1) is 0 Å². The molecule has 1 rings (SSSR count). The van der Waals surface area contributed by atoms with Gasteiger partial charge in [0.25, 0.3) is 0 Å². The molecule has 0 aromatic rings. The van der Waals surface area contributed by atoms with Gasteiger partial charge < -0.3 is 9.64 Å². The van der Waals surface area contributed by atoms with E-state index in [1.54, 1.807) is 0 Å². The van der Waals surface area contributed by atoms with Crippen molar-refractivity contribution in [2.75, 3.05) is 19.7 Å². The van der Waals surface area contributed by atoms with E-state index in [0.29, 0.717) is 12.0 Å². The molecule has 82 valence electrons. The topological polar surface area (TPSA) is 29.5 Å². The maximum Gasteiger partial charge on any atom is 0.222 e. The smallest absolute Gasteiger partial charge is 0.222 e. The number of nitrogens with zero attached hydrogens (tertiary/aromatic N) is 1. The molecule has 1 saturated heterocycles. The molecule has 1 amide bonds. The minimum Gasteiger partial charge on any atom is -0.379 e. The van der Waals surface area contributed by atoms with E-state index in [1.165, 1.54) is 0 Å². The molecule has 0 radical (unpaired) electrons. The second-order valence-corrected chi connectivity index (χ2v) is 4.11. The minimum absolute atomic E-state index is 0.298. The van der Waals surface area contributed by atoms with E-state index >= 15 is 0 Å². The van der Waals surface area contributed by atoms with Gasteiger partial charge in [0.15, 0.2) is 0 Å². The monoisotopic (exact) mass is 199 g/mol. The summed E-state index contributed by atoms with van der Waals surface area (Å²) in [6, 6.07) is 0. The Morgan fingerprint density at radius 1 is 1.43 bits per heavy atom. The van der Waals surface area contributed by atoms with Crippen LogP contribution in [0.2, 0.25) is 0 Å². The Morgan fingerprint density at radius 3 is 2.86 bits per heavy atom. The van der Waals surface area contributed by atoms with Gasteiger partial charge in [-0.05, 0) is 33.1 Å². The van der Waals surface area contributed by atoms with Crippen molar-refractivity contribution in [3.8, 4) is 0 Å². The zero-order valence-corrected chi connectivity index (χ0v) is 9.29. The van der Waals surface area contributed by atoms with Gasteiger partial charge in [0, 0.05) is 26.1 Å². The lowest BCUT2D eigenvalue weighted by atomic mass is 10.1. The summed E-state index contributed by atoms with van der Waals surface area (Å²) in [5, 5.41) is 0. The quantitative estimate of drug-likeness (QED) is 0.632. The molecule has 1 aliphatic heterocycles. The summed E-state index contributed by atoms with van der Waals surface area (Å²) in [6.45, 7) is 6.64. The normalized spacial score (nSPS) is 17.9. The fourth-order valence-electron chi connectivity index (χ4n) is 1.67. The summed E-state index contributed by atoms with van der Waals surface area (Å²) in [4.78, 5) is 13.4. The predicted molar refractivity (Wildman–Crippen MR) is 56.1 cm³/mol. The number of piperidine rings is 1. The Kier molecular flexibility index (Phi) is 4.94. The highest BCUT2D eigenvalue weighted by Crippen LogP contribution is 2.10. The van der Waals surface area contributed by atoms with Gasteiger partial charge in [-0.25, -0.2) is 0 Å². The van der Waals surface area contributed by atoms with E-state index in [2.05, 4.69) is 0 Å². The van der Waals surface area contributed by atoms with Crippen molar-refractivity contribution in [3.05, 3.63) is 0 Å². The highest BCUT2D eigenvalue weighted by Gasteiger charge is 2.16. The van der Waals surface area contributed by atoms with Gasteiger partial charge in [0.05, 0.1) is 6.10 Å². The molecule has 3 nitrogen and oxygen atoms in total. The van der Waals surface area contributed by atoms with E-state index < -0.39 is 0 Å². The zero-order chi connectivity index (χ0) is 10.4.